The molecule has 0 aliphatic heterocycles. The van der Waals surface area contributed by atoms with Crippen molar-refractivity contribution in [3.8, 4) is 0 Å². The van der Waals surface area contributed by atoms with E-state index in [1.54, 1.807) is 6.92 Å². The van der Waals surface area contributed by atoms with E-state index in [0.717, 1.165) is 11.3 Å². The molecule has 3 nitrogen and oxygen atoms in total. The molecule has 0 aromatic carbocycles. The highest BCUT2D eigenvalue weighted by Gasteiger charge is 2.07. The van der Waals surface area contributed by atoms with Crippen LogP contribution in [-0.2, 0) is 0 Å². The quantitative estimate of drug-likeness (QED) is 0.588. The summed E-state index contributed by atoms with van der Waals surface area (Å²) in [5, 5.41) is 0.380. The van der Waals surface area contributed by atoms with Crippen LogP contribution in [0.3, 0.4) is 0 Å². The average molecular weight is 183 g/mol. The Morgan fingerprint density at radius 3 is 2.83 bits per heavy atom. The second-order valence-electron chi connectivity index (χ2n) is 2.63. The first-order valence-electron chi connectivity index (χ1n) is 3.57. The van der Waals surface area contributed by atoms with Crippen molar-refractivity contribution in [2.45, 2.75) is 13.8 Å². The molecule has 0 amide bonds. The molecule has 2 rings (SSSR count). The van der Waals surface area contributed by atoms with Gasteiger partial charge < -0.3 is 4.42 Å². The Labute approximate surface area is 74.4 Å². The number of halogens is 1. The monoisotopic (exact) mass is 182 g/mol. The number of nitrogens with zero attached hydrogens (tertiary/aromatic N) is 2. The van der Waals surface area contributed by atoms with Gasteiger partial charge in [0.1, 0.15) is 17.1 Å². The number of rotatable bonds is 0. The van der Waals surface area contributed by atoms with Crippen molar-refractivity contribution < 1.29 is 4.42 Å². The predicted octanol–water partition coefficient (Wildman–Crippen LogP) is 2.49. The third-order valence-corrected chi connectivity index (χ3v) is 1.82. The molecule has 0 N–H and O–H groups in total. The Kier molecular flexibility index (Phi) is 1.54. The second kappa shape index (κ2) is 2.45. The van der Waals surface area contributed by atoms with Crippen LogP contribution in [0.25, 0.3) is 11.1 Å². The van der Waals surface area contributed by atoms with Crippen molar-refractivity contribution in [2.75, 3.05) is 0 Å². The number of fused-ring (bicyclic) bond motifs is 1. The van der Waals surface area contributed by atoms with Gasteiger partial charge in [-0.1, -0.05) is 11.6 Å². The molecule has 4 heteroatoms. The van der Waals surface area contributed by atoms with Crippen molar-refractivity contribution in [1.82, 2.24) is 9.97 Å². The lowest BCUT2D eigenvalue weighted by Gasteiger charge is -1.92. The molecule has 12 heavy (non-hydrogen) atoms. The van der Waals surface area contributed by atoms with Gasteiger partial charge in [0.15, 0.2) is 10.7 Å². The molecule has 0 aliphatic carbocycles. The number of hydrogen-bond donors (Lipinski definition) is 0. The van der Waals surface area contributed by atoms with Crippen LogP contribution < -0.4 is 0 Å². The molecule has 0 fully saturated rings. The average Bonchev–Trinajstić information content (AvgIpc) is 2.29. The normalized spacial score (nSPS) is 10.9. The maximum absolute atomic E-state index is 5.83. The largest absolute Gasteiger partial charge is 0.456 e. The molecule has 0 unspecified atom stereocenters. The van der Waals surface area contributed by atoms with E-state index in [0.29, 0.717) is 16.6 Å². The summed E-state index contributed by atoms with van der Waals surface area (Å²) in [6.07, 6.45) is 0. The number of hydrogen-bond acceptors (Lipinski definition) is 3. The van der Waals surface area contributed by atoms with Gasteiger partial charge in [-0.2, -0.15) is 0 Å². The Morgan fingerprint density at radius 2 is 2.08 bits per heavy atom. The highest BCUT2D eigenvalue weighted by Crippen LogP contribution is 2.23. The van der Waals surface area contributed by atoms with E-state index in [-0.39, 0.29) is 0 Å². The lowest BCUT2D eigenvalue weighted by Crippen LogP contribution is -1.86. The van der Waals surface area contributed by atoms with E-state index in [4.69, 9.17) is 16.0 Å². The fourth-order valence-electron chi connectivity index (χ4n) is 1.12. The Bertz CT molecular complexity index is 436. The maximum Gasteiger partial charge on any atom is 0.189 e. The van der Waals surface area contributed by atoms with Crippen molar-refractivity contribution >= 4 is 22.7 Å². The minimum atomic E-state index is 0.380. The molecular weight excluding hydrogens is 176 g/mol. The molecule has 0 atom stereocenters. The zero-order valence-corrected chi connectivity index (χ0v) is 7.51. The van der Waals surface area contributed by atoms with E-state index in [9.17, 15) is 0 Å². The number of aromatic nitrogens is 2. The Morgan fingerprint density at radius 1 is 1.33 bits per heavy atom. The molecule has 0 aliphatic rings. The summed E-state index contributed by atoms with van der Waals surface area (Å²) in [6.45, 7) is 3.65. The van der Waals surface area contributed by atoms with Crippen LogP contribution in [0.5, 0.6) is 0 Å². The van der Waals surface area contributed by atoms with E-state index in [1.807, 2.05) is 13.0 Å². The highest BCUT2D eigenvalue weighted by molar-refractivity contribution is 6.33. The van der Waals surface area contributed by atoms with Gasteiger partial charge in [-0.25, -0.2) is 9.97 Å². The first-order valence-corrected chi connectivity index (χ1v) is 3.95. The van der Waals surface area contributed by atoms with Crippen LogP contribution in [-0.4, -0.2) is 9.97 Å². The minimum Gasteiger partial charge on any atom is -0.456 e. The Balaban J connectivity index is 2.88. The topological polar surface area (TPSA) is 38.9 Å². The molecule has 62 valence electrons. The zero-order valence-electron chi connectivity index (χ0n) is 6.76. The summed E-state index contributed by atoms with van der Waals surface area (Å²) >= 11 is 5.83. The van der Waals surface area contributed by atoms with Gasteiger partial charge >= 0.3 is 0 Å². The molecule has 2 heterocycles. The van der Waals surface area contributed by atoms with E-state index >= 15 is 0 Å². The lowest BCUT2D eigenvalue weighted by molar-refractivity contribution is 0.576. The van der Waals surface area contributed by atoms with Crippen molar-refractivity contribution in [3.05, 3.63) is 22.8 Å². The summed E-state index contributed by atoms with van der Waals surface area (Å²) in [7, 11) is 0. The Hall–Kier alpha value is -1.09. The molecular formula is C8H7ClN2O. The van der Waals surface area contributed by atoms with Crippen LogP contribution in [0.4, 0.5) is 0 Å². The fourth-order valence-corrected chi connectivity index (χ4v) is 1.38. The maximum atomic E-state index is 5.83. The summed E-state index contributed by atoms with van der Waals surface area (Å²) in [5.41, 5.74) is 1.34. The molecule has 0 bridgehead atoms. The second-order valence-corrected chi connectivity index (χ2v) is 2.99. The summed E-state index contributed by atoms with van der Waals surface area (Å²) in [4.78, 5) is 8.14. The van der Waals surface area contributed by atoms with E-state index in [1.165, 1.54) is 0 Å². The number of furan rings is 1. The van der Waals surface area contributed by atoms with E-state index < -0.39 is 0 Å². The van der Waals surface area contributed by atoms with Crippen LogP contribution >= 0.6 is 11.6 Å². The van der Waals surface area contributed by atoms with Crippen LogP contribution in [0.1, 0.15) is 11.6 Å². The van der Waals surface area contributed by atoms with Gasteiger partial charge in [-0.3, -0.25) is 0 Å². The van der Waals surface area contributed by atoms with E-state index in [2.05, 4.69) is 9.97 Å². The molecule has 0 saturated carbocycles. The van der Waals surface area contributed by atoms with Crippen molar-refractivity contribution in [1.29, 1.82) is 0 Å². The zero-order chi connectivity index (χ0) is 8.72. The van der Waals surface area contributed by atoms with Gasteiger partial charge in [-0.15, -0.1) is 0 Å². The van der Waals surface area contributed by atoms with Crippen molar-refractivity contribution in [3.63, 3.8) is 0 Å². The summed E-state index contributed by atoms with van der Waals surface area (Å²) in [5.74, 6) is 1.46. The smallest absolute Gasteiger partial charge is 0.189 e. The third kappa shape index (κ3) is 1.06. The summed E-state index contributed by atoms with van der Waals surface area (Å²) < 4.78 is 5.30. The van der Waals surface area contributed by atoms with Crippen LogP contribution in [0.2, 0.25) is 5.15 Å². The van der Waals surface area contributed by atoms with Gasteiger partial charge in [0.2, 0.25) is 0 Å². The predicted molar refractivity (Wildman–Crippen MR) is 46.3 cm³/mol. The van der Waals surface area contributed by atoms with Crippen LogP contribution in [0, 0.1) is 13.8 Å². The molecule has 0 radical (unpaired) electrons. The molecule has 0 spiro atoms. The molecule has 2 aromatic heterocycles. The SMILES string of the molecule is Cc1nc(Cl)c2oc(C)cc2n1. The summed E-state index contributed by atoms with van der Waals surface area (Å²) in [6, 6.07) is 1.84. The first kappa shape index (κ1) is 7.55. The lowest BCUT2D eigenvalue weighted by atomic mass is 10.4. The van der Waals surface area contributed by atoms with Gasteiger partial charge in [-0.05, 0) is 13.8 Å². The third-order valence-electron chi connectivity index (χ3n) is 1.57. The van der Waals surface area contributed by atoms with Gasteiger partial charge in [0.25, 0.3) is 0 Å². The molecule has 2 aromatic rings. The first-order chi connectivity index (χ1) is 5.66. The molecule has 0 saturated heterocycles. The number of aryl methyl sites for hydroxylation is 2. The highest BCUT2D eigenvalue weighted by atomic mass is 35.5. The van der Waals surface area contributed by atoms with Crippen molar-refractivity contribution in [2.24, 2.45) is 0 Å². The van der Waals surface area contributed by atoms with Gasteiger partial charge in [0, 0.05) is 6.07 Å². The standard InChI is InChI=1S/C8H7ClN2O/c1-4-3-6-7(12-4)8(9)11-5(2)10-6/h3H,1-2H3. The minimum absolute atomic E-state index is 0.380. The van der Waals surface area contributed by atoms with Crippen LogP contribution in [0.15, 0.2) is 10.5 Å². The van der Waals surface area contributed by atoms with Gasteiger partial charge in [0.05, 0.1) is 0 Å². The fraction of sp³-hybridized carbons (Fsp3) is 0.250.